The molecule has 0 aliphatic carbocycles. The molecule has 0 aromatic carbocycles. The van der Waals surface area contributed by atoms with Crippen molar-refractivity contribution in [3.05, 3.63) is 16.1 Å². The Hall–Kier alpha value is -0.620. The van der Waals surface area contributed by atoms with Crippen molar-refractivity contribution in [1.29, 1.82) is 0 Å². The SMILES string of the molecule is CC(C)(N)c1csc(CC(F)(F)F)n1. The summed E-state index contributed by atoms with van der Waals surface area (Å²) in [6, 6.07) is 0. The lowest BCUT2D eigenvalue weighted by atomic mass is 10.0. The summed E-state index contributed by atoms with van der Waals surface area (Å²) in [5.41, 5.74) is 5.52. The van der Waals surface area contributed by atoms with Gasteiger partial charge in [0.2, 0.25) is 0 Å². The molecule has 1 heterocycles. The first kappa shape index (κ1) is 11.5. The number of nitrogens with two attached hydrogens (primary N) is 1. The maximum Gasteiger partial charge on any atom is 0.395 e. The molecule has 0 fully saturated rings. The molecular weight excluding hydrogens is 213 g/mol. The first-order chi connectivity index (χ1) is 6.18. The molecule has 2 nitrogen and oxygen atoms in total. The van der Waals surface area contributed by atoms with E-state index in [-0.39, 0.29) is 5.01 Å². The second-order valence-corrected chi connectivity index (χ2v) is 4.58. The van der Waals surface area contributed by atoms with E-state index < -0.39 is 18.1 Å². The van der Waals surface area contributed by atoms with Gasteiger partial charge in [0, 0.05) is 5.38 Å². The van der Waals surface area contributed by atoms with Gasteiger partial charge in [-0.15, -0.1) is 11.3 Å². The molecule has 6 heteroatoms. The fourth-order valence-corrected chi connectivity index (χ4v) is 1.86. The number of nitrogens with zero attached hydrogens (tertiary/aromatic N) is 1. The van der Waals surface area contributed by atoms with Crippen LogP contribution in [-0.2, 0) is 12.0 Å². The summed E-state index contributed by atoms with van der Waals surface area (Å²) in [6.45, 7) is 3.42. The molecule has 0 saturated carbocycles. The molecule has 0 aliphatic rings. The third-order valence-corrected chi connectivity index (χ3v) is 2.41. The summed E-state index contributed by atoms with van der Waals surface area (Å²) in [7, 11) is 0. The van der Waals surface area contributed by atoms with E-state index in [0.717, 1.165) is 11.3 Å². The summed E-state index contributed by atoms with van der Waals surface area (Å²) < 4.78 is 35.9. The van der Waals surface area contributed by atoms with Crippen LogP contribution in [0.1, 0.15) is 24.5 Å². The van der Waals surface area contributed by atoms with Gasteiger partial charge >= 0.3 is 6.18 Å². The van der Waals surface area contributed by atoms with E-state index >= 15 is 0 Å². The molecule has 0 unspecified atom stereocenters. The summed E-state index contributed by atoms with van der Waals surface area (Å²) >= 11 is 0.992. The van der Waals surface area contributed by atoms with Crippen LogP contribution in [0, 0.1) is 0 Å². The Kier molecular flexibility index (Phi) is 2.87. The Morgan fingerprint density at radius 3 is 2.36 bits per heavy atom. The van der Waals surface area contributed by atoms with Crippen LogP contribution < -0.4 is 5.73 Å². The highest BCUT2D eigenvalue weighted by Crippen LogP contribution is 2.26. The molecule has 14 heavy (non-hydrogen) atoms. The fraction of sp³-hybridized carbons (Fsp3) is 0.625. The molecule has 0 spiro atoms. The minimum absolute atomic E-state index is 0.0611. The van der Waals surface area contributed by atoms with Crippen LogP contribution in [0.25, 0.3) is 0 Å². The molecule has 80 valence electrons. The van der Waals surface area contributed by atoms with E-state index in [1.165, 1.54) is 0 Å². The number of alkyl halides is 3. The van der Waals surface area contributed by atoms with Gasteiger partial charge in [0.15, 0.2) is 0 Å². The van der Waals surface area contributed by atoms with Gasteiger partial charge in [-0.25, -0.2) is 4.98 Å². The van der Waals surface area contributed by atoms with Crippen LogP contribution in [0.4, 0.5) is 13.2 Å². The number of aromatic nitrogens is 1. The molecule has 1 aromatic rings. The molecule has 0 atom stereocenters. The summed E-state index contributed by atoms with van der Waals surface area (Å²) in [4.78, 5) is 3.84. The van der Waals surface area contributed by atoms with Crippen molar-refractivity contribution in [3.63, 3.8) is 0 Å². The molecule has 0 bridgehead atoms. The Morgan fingerprint density at radius 1 is 1.43 bits per heavy atom. The van der Waals surface area contributed by atoms with Crippen LogP contribution >= 0.6 is 11.3 Å². The van der Waals surface area contributed by atoms with Crippen molar-refractivity contribution in [2.75, 3.05) is 0 Å². The summed E-state index contributed by atoms with van der Waals surface area (Å²) in [5, 5.41) is 1.63. The molecule has 0 radical (unpaired) electrons. The highest BCUT2D eigenvalue weighted by molar-refractivity contribution is 7.09. The smallest absolute Gasteiger partial charge is 0.321 e. The molecule has 0 saturated heterocycles. The predicted octanol–water partition coefficient (Wildman–Crippen LogP) is 2.44. The van der Waals surface area contributed by atoms with Crippen molar-refractivity contribution in [2.24, 2.45) is 5.73 Å². The van der Waals surface area contributed by atoms with E-state index in [4.69, 9.17) is 5.73 Å². The Balaban J connectivity index is 2.79. The van der Waals surface area contributed by atoms with Gasteiger partial charge in [0.05, 0.1) is 17.7 Å². The van der Waals surface area contributed by atoms with Crippen LogP contribution in [0.3, 0.4) is 0 Å². The normalized spacial score (nSPS) is 13.3. The molecule has 0 aliphatic heterocycles. The van der Waals surface area contributed by atoms with Crippen molar-refractivity contribution in [2.45, 2.75) is 32.0 Å². The average molecular weight is 224 g/mol. The summed E-state index contributed by atoms with van der Waals surface area (Å²) in [5.74, 6) is 0. The number of hydrogen-bond acceptors (Lipinski definition) is 3. The first-order valence-electron chi connectivity index (χ1n) is 3.99. The van der Waals surface area contributed by atoms with E-state index in [0.29, 0.717) is 5.69 Å². The molecule has 1 rings (SSSR count). The maximum absolute atomic E-state index is 12.0. The summed E-state index contributed by atoms with van der Waals surface area (Å²) in [6.07, 6.45) is -5.18. The maximum atomic E-state index is 12.0. The molecule has 0 amide bonds. The van der Waals surface area contributed by atoms with Crippen LogP contribution in [-0.4, -0.2) is 11.2 Å². The zero-order chi connectivity index (χ0) is 11.0. The van der Waals surface area contributed by atoms with Crippen LogP contribution in [0.15, 0.2) is 5.38 Å². The van der Waals surface area contributed by atoms with E-state index in [1.54, 1.807) is 19.2 Å². The second kappa shape index (κ2) is 3.51. The van der Waals surface area contributed by atoms with Gasteiger partial charge in [0.25, 0.3) is 0 Å². The Labute approximate surface area is 84.0 Å². The fourth-order valence-electron chi connectivity index (χ4n) is 0.860. The lowest BCUT2D eigenvalue weighted by molar-refractivity contribution is -0.127. The minimum Gasteiger partial charge on any atom is -0.321 e. The highest BCUT2D eigenvalue weighted by Gasteiger charge is 2.30. The number of thiazole rings is 1. The quantitative estimate of drug-likeness (QED) is 0.838. The van der Waals surface area contributed by atoms with E-state index in [1.807, 2.05) is 0 Å². The standard InChI is InChI=1S/C8H11F3N2S/c1-7(2,12)5-4-14-6(13-5)3-8(9,10)11/h4H,3,12H2,1-2H3. The first-order valence-corrected chi connectivity index (χ1v) is 4.87. The minimum atomic E-state index is -4.20. The largest absolute Gasteiger partial charge is 0.395 e. The Bertz CT molecular complexity index is 311. The van der Waals surface area contributed by atoms with Crippen molar-refractivity contribution in [1.82, 2.24) is 4.98 Å². The number of rotatable bonds is 2. The van der Waals surface area contributed by atoms with Gasteiger partial charge in [-0.3, -0.25) is 0 Å². The van der Waals surface area contributed by atoms with Gasteiger partial charge in [-0.2, -0.15) is 13.2 Å². The molecule has 1 aromatic heterocycles. The van der Waals surface area contributed by atoms with Crippen molar-refractivity contribution >= 4 is 11.3 Å². The zero-order valence-corrected chi connectivity index (χ0v) is 8.67. The average Bonchev–Trinajstić information content (AvgIpc) is 2.29. The van der Waals surface area contributed by atoms with Gasteiger partial charge in [0.1, 0.15) is 5.01 Å². The third-order valence-electron chi connectivity index (χ3n) is 1.56. The second-order valence-electron chi connectivity index (χ2n) is 3.64. The van der Waals surface area contributed by atoms with Crippen LogP contribution in [0.5, 0.6) is 0 Å². The monoisotopic (exact) mass is 224 g/mol. The zero-order valence-electron chi connectivity index (χ0n) is 7.85. The lowest BCUT2D eigenvalue weighted by Crippen LogP contribution is -2.29. The van der Waals surface area contributed by atoms with Gasteiger partial charge < -0.3 is 5.73 Å². The predicted molar refractivity (Wildman–Crippen MR) is 49.1 cm³/mol. The molecular formula is C8H11F3N2S. The van der Waals surface area contributed by atoms with Gasteiger partial charge in [-0.1, -0.05) is 0 Å². The van der Waals surface area contributed by atoms with Crippen LogP contribution in [0.2, 0.25) is 0 Å². The highest BCUT2D eigenvalue weighted by atomic mass is 32.1. The number of halogens is 3. The third kappa shape index (κ3) is 3.26. The lowest BCUT2D eigenvalue weighted by Gasteiger charge is -2.14. The van der Waals surface area contributed by atoms with E-state index in [2.05, 4.69) is 4.98 Å². The van der Waals surface area contributed by atoms with Crippen molar-refractivity contribution in [3.8, 4) is 0 Å². The number of hydrogen-bond donors (Lipinski definition) is 1. The topological polar surface area (TPSA) is 38.9 Å². The van der Waals surface area contributed by atoms with Gasteiger partial charge in [-0.05, 0) is 13.8 Å². The van der Waals surface area contributed by atoms with E-state index in [9.17, 15) is 13.2 Å². The molecule has 2 N–H and O–H groups in total. The van der Waals surface area contributed by atoms with Crippen molar-refractivity contribution < 1.29 is 13.2 Å². The Morgan fingerprint density at radius 2 is 2.00 bits per heavy atom.